The molecule has 3 rings (SSSR count). The fourth-order valence-corrected chi connectivity index (χ4v) is 2.07. The van der Waals surface area contributed by atoms with Crippen molar-refractivity contribution in [3.05, 3.63) is 47.5 Å². The molecule has 0 spiro atoms. The van der Waals surface area contributed by atoms with Gasteiger partial charge >= 0.3 is 0 Å². The first-order chi connectivity index (χ1) is 9.61. The summed E-state index contributed by atoms with van der Waals surface area (Å²) in [5, 5.41) is 12.6. The average Bonchev–Trinajstić information content (AvgIpc) is 2.81. The van der Waals surface area contributed by atoms with E-state index in [1.165, 1.54) is 0 Å². The number of nitrogens with one attached hydrogen (secondary N) is 1. The second-order valence-corrected chi connectivity index (χ2v) is 5.03. The molecule has 0 aliphatic heterocycles. The Kier molecular flexibility index (Phi) is 3.25. The van der Waals surface area contributed by atoms with Crippen molar-refractivity contribution < 1.29 is 0 Å². The zero-order valence-electron chi connectivity index (χ0n) is 10.2. The number of nitrogens with two attached hydrogens (primary N) is 1. The molecular formula is C13H10ClN5S. The fourth-order valence-electron chi connectivity index (χ4n) is 1.82. The van der Waals surface area contributed by atoms with E-state index in [0.717, 1.165) is 22.4 Å². The lowest BCUT2D eigenvalue weighted by Gasteiger charge is -2.01. The number of fused-ring (bicyclic) bond motifs is 1. The van der Waals surface area contributed by atoms with E-state index in [4.69, 9.17) is 29.6 Å². The predicted octanol–water partition coefficient (Wildman–Crippen LogP) is 2.73. The van der Waals surface area contributed by atoms with Gasteiger partial charge in [0.15, 0.2) is 5.11 Å². The number of aromatic nitrogens is 3. The largest absolute Gasteiger partial charge is 0.376 e. The van der Waals surface area contributed by atoms with Crippen LogP contribution in [0, 0.1) is 0 Å². The topological polar surface area (TPSA) is 68.8 Å². The van der Waals surface area contributed by atoms with Gasteiger partial charge in [-0.1, -0.05) is 11.6 Å². The Morgan fingerprint density at radius 1 is 1.10 bits per heavy atom. The predicted molar refractivity (Wildman–Crippen MR) is 84.3 cm³/mol. The normalized spacial score (nSPS) is 10.7. The highest BCUT2D eigenvalue weighted by Gasteiger charge is 2.05. The Labute approximate surface area is 125 Å². The molecule has 0 atom stereocenters. The molecule has 100 valence electrons. The van der Waals surface area contributed by atoms with Crippen molar-refractivity contribution in [2.45, 2.75) is 0 Å². The van der Waals surface area contributed by atoms with Crippen molar-refractivity contribution in [1.29, 1.82) is 0 Å². The molecule has 0 aliphatic rings. The lowest BCUT2D eigenvalue weighted by atomic mass is 10.3. The maximum atomic E-state index is 5.86. The zero-order chi connectivity index (χ0) is 14.1. The summed E-state index contributed by atoms with van der Waals surface area (Å²) >= 11 is 10.7. The third kappa shape index (κ3) is 2.56. The quantitative estimate of drug-likeness (QED) is 0.712. The van der Waals surface area contributed by atoms with Crippen molar-refractivity contribution >= 4 is 45.7 Å². The van der Waals surface area contributed by atoms with Crippen molar-refractivity contribution in [2.75, 3.05) is 5.32 Å². The Balaban J connectivity index is 2.01. The summed E-state index contributed by atoms with van der Waals surface area (Å²) in [4.78, 5) is 1.56. The molecule has 0 radical (unpaired) electrons. The van der Waals surface area contributed by atoms with Gasteiger partial charge in [0, 0.05) is 10.7 Å². The van der Waals surface area contributed by atoms with Crippen LogP contribution in [0.25, 0.3) is 16.7 Å². The molecule has 0 saturated carbocycles. The number of anilines is 1. The third-order valence-corrected chi connectivity index (χ3v) is 3.06. The van der Waals surface area contributed by atoms with Crippen LogP contribution in [0.15, 0.2) is 42.5 Å². The van der Waals surface area contributed by atoms with Gasteiger partial charge in [0.25, 0.3) is 0 Å². The smallest absolute Gasteiger partial charge is 0.168 e. The number of hydrogen-bond acceptors (Lipinski definition) is 3. The maximum absolute atomic E-state index is 5.86. The molecule has 2 aromatic carbocycles. The highest BCUT2D eigenvalue weighted by molar-refractivity contribution is 7.80. The Bertz CT molecular complexity index is 781. The molecule has 7 heteroatoms. The maximum Gasteiger partial charge on any atom is 0.168 e. The molecule has 3 aromatic rings. The Morgan fingerprint density at radius 3 is 2.50 bits per heavy atom. The lowest BCUT2D eigenvalue weighted by molar-refractivity contribution is 0.766. The van der Waals surface area contributed by atoms with Crippen LogP contribution < -0.4 is 11.1 Å². The summed E-state index contributed by atoms with van der Waals surface area (Å²) in [6, 6.07) is 12.9. The number of benzene rings is 2. The summed E-state index contributed by atoms with van der Waals surface area (Å²) in [5.74, 6) is 0. The molecular weight excluding hydrogens is 294 g/mol. The number of rotatable bonds is 2. The molecule has 1 heterocycles. The Morgan fingerprint density at radius 2 is 1.80 bits per heavy atom. The van der Waals surface area contributed by atoms with Crippen molar-refractivity contribution in [2.24, 2.45) is 5.73 Å². The molecule has 0 saturated heterocycles. The van der Waals surface area contributed by atoms with Crippen LogP contribution in [0.4, 0.5) is 5.69 Å². The fraction of sp³-hybridized carbons (Fsp3) is 0. The monoisotopic (exact) mass is 303 g/mol. The van der Waals surface area contributed by atoms with Crippen molar-refractivity contribution in [1.82, 2.24) is 15.0 Å². The summed E-state index contributed by atoms with van der Waals surface area (Å²) < 4.78 is 0. The zero-order valence-corrected chi connectivity index (χ0v) is 11.8. The summed E-state index contributed by atoms with van der Waals surface area (Å²) in [6.45, 7) is 0. The standard InChI is InChI=1S/C13H10ClN5S/c14-8-1-4-10(5-2-8)19-17-11-6-3-9(16-13(15)20)7-12(11)18-19/h1-7H,(H3,15,16,20). The molecule has 5 nitrogen and oxygen atoms in total. The first kappa shape index (κ1) is 12.8. The summed E-state index contributed by atoms with van der Waals surface area (Å²) in [6.07, 6.45) is 0. The lowest BCUT2D eigenvalue weighted by Crippen LogP contribution is -2.18. The Hall–Kier alpha value is -2.18. The van der Waals surface area contributed by atoms with Crippen LogP contribution >= 0.6 is 23.8 Å². The second-order valence-electron chi connectivity index (χ2n) is 4.16. The van der Waals surface area contributed by atoms with E-state index in [1.807, 2.05) is 30.3 Å². The molecule has 1 aromatic heterocycles. The van der Waals surface area contributed by atoms with Crippen LogP contribution in [0.3, 0.4) is 0 Å². The van der Waals surface area contributed by atoms with Crippen LogP contribution in [-0.4, -0.2) is 20.1 Å². The van der Waals surface area contributed by atoms with Gasteiger partial charge in [-0.05, 0) is 54.7 Å². The van der Waals surface area contributed by atoms with Gasteiger partial charge in [0.1, 0.15) is 11.0 Å². The number of halogens is 1. The van der Waals surface area contributed by atoms with Crippen LogP contribution in [-0.2, 0) is 0 Å². The minimum absolute atomic E-state index is 0.217. The van der Waals surface area contributed by atoms with Gasteiger partial charge in [-0.3, -0.25) is 0 Å². The molecule has 0 fully saturated rings. The van der Waals surface area contributed by atoms with Crippen molar-refractivity contribution in [3.8, 4) is 5.69 Å². The average molecular weight is 304 g/mol. The van der Waals surface area contributed by atoms with Gasteiger partial charge in [-0.2, -0.15) is 4.80 Å². The van der Waals surface area contributed by atoms with Gasteiger partial charge < -0.3 is 11.1 Å². The number of thiocarbonyl (C=S) groups is 1. The SMILES string of the molecule is NC(=S)Nc1ccc2nn(-c3ccc(Cl)cc3)nc2c1. The summed E-state index contributed by atoms with van der Waals surface area (Å²) in [7, 11) is 0. The minimum atomic E-state index is 0.217. The second kappa shape index (κ2) is 5.07. The highest BCUT2D eigenvalue weighted by atomic mass is 35.5. The first-order valence-electron chi connectivity index (χ1n) is 5.81. The minimum Gasteiger partial charge on any atom is -0.376 e. The van der Waals surface area contributed by atoms with Crippen molar-refractivity contribution in [3.63, 3.8) is 0 Å². The van der Waals surface area contributed by atoms with Crippen LogP contribution in [0.2, 0.25) is 5.02 Å². The number of nitrogens with zero attached hydrogens (tertiary/aromatic N) is 3. The molecule has 0 unspecified atom stereocenters. The van der Waals surface area contributed by atoms with E-state index in [0.29, 0.717) is 5.02 Å². The van der Waals surface area contributed by atoms with E-state index in [1.54, 1.807) is 16.9 Å². The van der Waals surface area contributed by atoms with Crippen LogP contribution in [0.1, 0.15) is 0 Å². The van der Waals surface area contributed by atoms with Gasteiger partial charge in [0.2, 0.25) is 0 Å². The molecule has 0 bridgehead atoms. The molecule has 0 aliphatic carbocycles. The highest BCUT2D eigenvalue weighted by Crippen LogP contribution is 2.18. The third-order valence-electron chi connectivity index (χ3n) is 2.71. The van der Waals surface area contributed by atoms with Gasteiger partial charge in [0.05, 0.1) is 5.69 Å². The van der Waals surface area contributed by atoms with Gasteiger partial charge in [-0.25, -0.2) is 0 Å². The van der Waals surface area contributed by atoms with E-state index >= 15 is 0 Å². The van der Waals surface area contributed by atoms with E-state index in [9.17, 15) is 0 Å². The van der Waals surface area contributed by atoms with E-state index in [-0.39, 0.29) is 5.11 Å². The van der Waals surface area contributed by atoms with Gasteiger partial charge in [-0.15, -0.1) is 10.2 Å². The molecule has 0 amide bonds. The first-order valence-corrected chi connectivity index (χ1v) is 6.60. The van der Waals surface area contributed by atoms with E-state index < -0.39 is 0 Å². The summed E-state index contributed by atoms with van der Waals surface area (Å²) in [5.41, 5.74) is 8.61. The van der Waals surface area contributed by atoms with Crippen LogP contribution in [0.5, 0.6) is 0 Å². The molecule has 3 N–H and O–H groups in total. The molecule has 20 heavy (non-hydrogen) atoms. The number of hydrogen-bond donors (Lipinski definition) is 2. The van der Waals surface area contributed by atoms with E-state index in [2.05, 4.69) is 15.5 Å².